The molecule has 0 spiro atoms. The fraction of sp³-hybridized carbons (Fsp3) is 0.318. The molecule has 1 amide bonds. The van der Waals surface area contributed by atoms with Gasteiger partial charge in [-0.05, 0) is 36.8 Å². The summed E-state index contributed by atoms with van der Waals surface area (Å²) in [5, 5.41) is 20.1. The van der Waals surface area contributed by atoms with Crippen molar-refractivity contribution in [2.45, 2.75) is 32.0 Å². The Hall–Kier alpha value is -3.37. The Morgan fingerprint density at radius 2 is 2.17 bits per heavy atom. The van der Waals surface area contributed by atoms with Gasteiger partial charge in [-0.3, -0.25) is 4.79 Å². The fourth-order valence-electron chi connectivity index (χ4n) is 3.72. The van der Waals surface area contributed by atoms with Crippen molar-refractivity contribution in [3.05, 3.63) is 48.3 Å². The van der Waals surface area contributed by atoms with E-state index < -0.39 is 6.10 Å². The zero-order chi connectivity index (χ0) is 20.4. The molecule has 3 heterocycles. The van der Waals surface area contributed by atoms with Crippen molar-refractivity contribution in [1.29, 1.82) is 5.26 Å². The summed E-state index contributed by atoms with van der Waals surface area (Å²) >= 11 is 0. The number of amides is 1. The molecule has 7 nitrogen and oxygen atoms in total. The van der Waals surface area contributed by atoms with Gasteiger partial charge in [0.05, 0.1) is 5.56 Å². The highest BCUT2D eigenvalue weighted by atomic mass is 16.5. The lowest BCUT2D eigenvalue weighted by Gasteiger charge is -2.33. The van der Waals surface area contributed by atoms with Crippen molar-refractivity contribution in [3.63, 3.8) is 0 Å². The Morgan fingerprint density at radius 1 is 1.38 bits per heavy atom. The molecule has 1 aliphatic rings. The first-order chi connectivity index (χ1) is 14.1. The van der Waals surface area contributed by atoms with Gasteiger partial charge >= 0.3 is 0 Å². The van der Waals surface area contributed by atoms with Crippen molar-refractivity contribution in [1.82, 2.24) is 14.9 Å². The number of fused-ring (bicyclic) bond motifs is 1. The molecule has 2 aromatic heterocycles. The normalized spacial score (nSPS) is 15.8. The molecule has 1 atom stereocenters. The number of aliphatic hydroxyl groups is 1. The van der Waals surface area contributed by atoms with Gasteiger partial charge in [-0.1, -0.05) is 6.07 Å². The molecule has 1 fully saturated rings. The minimum Gasteiger partial charge on any atom is -0.489 e. The van der Waals surface area contributed by atoms with E-state index >= 15 is 0 Å². The number of ether oxygens (including phenoxy) is 1. The van der Waals surface area contributed by atoms with Crippen LogP contribution >= 0.6 is 0 Å². The van der Waals surface area contributed by atoms with Crippen LogP contribution in [0.15, 0.2) is 42.7 Å². The van der Waals surface area contributed by atoms with Gasteiger partial charge in [-0.15, -0.1) is 0 Å². The van der Waals surface area contributed by atoms with Crippen LogP contribution < -0.4 is 4.74 Å². The van der Waals surface area contributed by atoms with Crippen molar-refractivity contribution in [2.75, 3.05) is 13.1 Å². The number of aromatic amines is 1. The minimum atomic E-state index is -0.982. The van der Waals surface area contributed by atoms with Crippen LogP contribution in [0.4, 0.5) is 0 Å². The number of nitrogens with one attached hydrogen (secondary N) is 1. The van der Waals surface area contributed by atoms with Crippen molar-refractivity contribution in [2.24, 2.45) is 0 Å². The first kappa shape index (κ1) is 19.0. The smallest absolute Gasteiger partial charge is 0.251 e. The number of rotatable bonds is 4. The van der Waals surface area contributed by atoms with Gasteiger partial charge < -0.3 is 19.7 Å². The van der Waals surface area contributed by atoms with Gasteiger partial charge in [0, 0.05) is 49.3 Å². The third kappa shape index (κ3) is 3.80. The van der Waals surface area contributed by atoms with E-state index in [2.05, 4.69) is 16.0 Å². The molecule has 4 rings (SSSR count). The molecule has 0 bridgehead atoms. The molecule has 0 unspecified atom stereocenters. The topological polar surface area (TPSA) is 102 Å². The second-order valence-electron chi connectivity index (χ2n) is 7.24. The molecule has 0 aliphatic carbocycles. The third-order valence-corrected chi connectivity index (χ3v) is 5.27. The van der Waals surface area contributed by atoms with E-state index in [1.54, 1.807) is 11.1 Å². The molecule has 1 aliphatic heterocycles. The van der Waals surface area contributed by atoms with Crippen LogP contribution in [0.2, 0.25) is 0 Å². The van der Waals surface area contributed by atoms with Gasteiger partial charge in [0.1, 0.15) is 29.7 Å². The van der Waals surface area contributed by atoms with Gasteiger partial charge in [0.25, 0.3) is 5.91 Å². The van der Waals surface area contributed by atoms with Crippen molar-refractivity contribution in [3.8, 4) is 22.9 Å². The van der Waals surface area contributed by atoms with E-state index in [9.17, 15) is 15.2 Å². The number of likely N-dealkylation sites (tertiary alicyclic amines) is 1. The van der Waals surface area contributed by atoms with Crippen LogP contribution in [-0.4, -0.2) is 51.2 Å². The minimum absolute atomic E-state index is 0.0664. The predicted octanol–water partition coefficient (Wildman–Crippen LogP) is 2.85. The number of aliphatic hydroxyl groups excluding tert-OH is 1. The largest absolute Gasteiger partial charge is 0.489 e. The summed E-state index contributed by atoms with van der Waals surface area (Å²) in [6, 6.07) is 11.7. The molecule has 0 radical (unpaired) electrons. The molecule has 2 N–H and O–H groups in total. The summed E-state index contributed by atoms with van der Waals surface area (Å²) in [6.45, 7) is 2.56. The molecule has 0 saturated carbocycles. The highest BCUT2D eigenvalue weighted by Gasteiger charge is 2.26. The molecule has 148 valence electrons. The number of nitrogens with zero attached hydrogens (tertiary/aromatic N) is 3. The zero-order valence-electron chi connectivity index (χ0n) is 16.1. The van der Waals surface area contributed by atoms with Gasteiger partial charge in [0.2, 0.25) is 0 Å². The summed E-state index contributed by atoms with van der Waals surface area (Å²) in [5.74, 6) is 0.299. The van der Waals surface area contributed by atoms with Gasteiger partial charge in [0.15, 0.2) is 0 Å². The Bertz CT molecular complexity index is 1080. The first-order valence-corrected chi connectivity index (χ1v) is 9.67. The van der Waals surface area contributed by atoms with Gasteiger partial charge in [-0.2, -0.15) is 5.26 Å². The maximum absolute atomic E-state index is 11.9. The lowest BCUT2D eigenvalue weighted by Crippen LogP contribution is -2.45. The third-order valence-electron chi connectivity index (χ3n) is 5.27. The van der Waals surface area contributed by atoms with E-state index in [0.717, 1.165) is 22.2 Å². The number of benzene rings is 1. The number of aromatic nitrogens is 2. The summed E-state index contributed by atoms with van der Waals surface area (Å²) < 4.78 is 6.08. The highest BCUT2D eigenvalue weighted by molar-refractivity contribution is 5.93. The zero-order valence-corrected chi connectivity index (χ0v) is 16.1. The SMILES string of the molecule is C[C@H](O)C(=O)N1CCC(Oc2ccc(-c3c[nH]c4ncccc34)cc2C#N)CC1. The average molecular weight is 390 g/mol. The molecular formula is C22H22N4O3. The van der Waals surface area contributed by atoms with Crippen LogP contribution in [-0.2, 0) is 4.79 Å². The highest BCUT2D eigenvalue weighted by Crippen LogP contribution is 2.32. The van der Waals surface area contributed by atoms with E-state index in [1.165, 1.54) is 6.92 Å². The van der Waals surface area contributed by atoms with E-state index in [0.29, 0.717) is 37.2 Å². The molecule has 1 aromatic carbocycles. The molecular weight excluding hydrogens is 368 g/mol. The second-order valence-corrected chi connectivity index (χ2v) is 7.24. The van der Waals surface area contributed by atoms with E-state index in [-0.39, 0.29) is 12.0 Å². The summed E-state index contributed by atoms with van der Waals surface area (Å²) in [7, 11) is 0. The van der Waals surface area contributed by atoms with Crippen LogP contribution in [0, 0.1) is 11.3 Å². The lowest BCUT2D eigenvalue weighted by molar-refractivity contribution is -0.141. The van der Waals surface area contributed by atoms with Crippen molar-refractivity contribution < 1.29 is 14.6 Å². The Morgan fingerprint density at radius 3 is 2.90 bits per heavy atom. The maximum atomic E-state index is 11.9. The summed E-state index contributed by atoms with van der Waals surface area (Å²) in [6.07, 6.45) is 3.91. The lowest BCUT2D eigenvalue weighted by atomic mass is 10.0. The van der Waals surface area contributed by atoms with Crippen LogP contribution in [0.5, 0.6) is 5.75 Å². The number of hydrogen-bond acceptors (Lipinski definition) is 5. The van der Waals surface area contributed by atoms with Crippen molar-refractivity contribution >= 4 is 16.9 Å². The fourth-order valence-corrected chi connectivity index (χ4v) is 3.72. The van der Waals surface area contributed by atoms with E-state index in [1.807, 2.05) is 36.5 Å². The molecule has 29 heavy (non-hydrogen) atoms. The monoisotopic (exact) mass is 390 g/mol. The maximum Gasteiger partial charge on any atom is 0.251 e. The summed E-state index contributed by atoms with van der Waals surface area (Å²) in [4.78, 5) is 21.0. The van der Waals surface area contributed by atoms with Gasteiger partial charge in [-0.25, -0.2) is 4.98 Å². The van der Waals surface area contributed by atoms with Crippen LogP contribution in [0.3, 0.4) is 0 Å². The number of hydrogen-bond donors (Lipinski definition) is 2. The molecule has 7 heteroatoms. The number of carbonyl (C=O) groups is 1. The number of H-pyrrole nitrogens is 1. The first-order valence-electron chi connectivity index (χ1n) is 9.67. The molecule has 1 saturated heterocycles. The quantitative estimate of drug-likeness (QED) is 0.713. The second kappa shape index (κ2) is 7.94. The van der Waals surface area contributed by atoms with Crippen LogP contribution in [0.25, 0.3) is 22.2 Å². The molecule has 3 aromatic rings. The van der Waals surface area contributed by atoms with E-state index in [4.69, 9.17) is 4.74 Å². The number of nitriles is 1. The van der Waals surface area contributed by atoms with Crippen LogP contribution in [0.1, 0.15) is 25.3 Å². The Kier molecular flexibility index (Phi) is 5.19. The average Bonchev–Trinajstić information content (AvgIpc) is 3.18. The Labute approximate surface area is 168 Å². The predicted molar refractivity (Wildman–Crippen MR) is 108 cm³/mol. The number of piperidine rings is 1. The summed E-state index contributed by atoms with van der Waals surface area (Å²) in [5.41, 5.74) is 3.19. The Balaban J connectivity index is 1.50. The standard InChI is InChI=1S/C22H22N4O3/c1-14(27)22(28)26-9-6-17(7-10-26)29-20-5-4-15(11-16(20)12-23)19-13-25-21-18(19)3-2-8-24-21/h2-5,8,11,13-14,17,27H,6-7,9-10H2,1H3,(H,24,25)/t14-/m0/s1. The number of carbonyl (C=O) groups excluding carboxylic acids is 1. The number of pyridine rings is 1.